The monoisotopic (exact) mass is 801 g/mol. The third-order valence-corrected chi connectivity index (χ3v) is 18.1. The van der Waals surface area contributed by atoms with Gasteiger partial charge in [0.05, 0.1) is 0 Å². The van der Waals surface area contributed by atoms with Gasteiger partial charge in [0.1, 0.15) is 0 Å². The zero-order valence-corrected chi connectivity index (χ0v) is 36.6. The van der Waals surface area contributed by atoms with Crippen molar-refractivity contribution in [2.24, 2.45) is 17.8 Å². The highest BCUT2D eigenvalue weighted by molar-refractivity contribution is 7.00. The fraction of sp³-hybridized carbons (Fsp3) is 0.483. The highest BCUT2D eigenvalue weighted by atomic mass is 15.2. The standard InChI is InChI=1S/C58H65BN2/c1-4-14-42(15-5-1)45-20-12-22-49(31-45)60-53-25-11-10-24-51(53)59-52-27-26-47(44-18-8-3-9-19-44)33-54(52)61(50-23-13-21-46(32-50)43-16-6-2-7-17-43)56-35-48(34-55(60)57(56)59)58-36-39-28-40(37-58)30-41(29-39)38-58/h10-13,20-27,31-35,39-44H,1-9,14-19,28-30,36-38H2. The van der Waals surface area contributed by atoms with E-state index in [9.17, 15) is 0 Å². The summed E-state index contributed by atoms with van der Waals surface area (Å²) < 4.78 is 0. The van der Waals surface area contributed by atoms with Crippen molar-refractivity contribution in [2.75, 3.05) is 9.80 Å². The Hall–Kier alpha value is -4.24. The van der Waals surface area contributed by atoms with E-state index in [1.54, 1.807) is 22.3 Å². The van der Waals surface area contributed by atoms with Crippen LogP contribution in [0.25, 0.3) is 0 Å². The molecule has 0 spiro atoms. The lowest BCUT2D eigenvalue weighted by Crippen LogP contribution is -2.61. The van der Waals surface area contributed by atoms with Crippen LogP contribution >= 0.6 is 0 Å². The molecular weight excluding hydrogens is 735 g/mol. The van der Waals surface area contributed by atoms with E-state index in [1.807, 2.05) is 0 Å². The molecule has 0 N–H and O–H groups in total. The molecule has 4 bridgehead atoms. The second kappa shape index (κ2) is 15.0. The molecule has 14 rings (SSSR count). The molecule has 7 fully saturated rings. The number of hydrogen-bond donors (Lipinski definition) is 0. The van der Waals surface area contributed by atoms with Crippen LogP contribution < -0.4 is 26.2 Å². The van der Waals surface area contributed by atoms with E-state index in [1.165, 1.54) is 185 Å². The predicted molar refractivity (Wildman–Crippen MR) is 258 cm³/mol. The molecule has 3 heteroatoms. The predicted octanol–water partition coefficient (Wildman–Crippen LogP) is 14.4. The number of para-hydroxylation sites is 1. The van der Waals surface area contributed by atoms with Crippen molar-refractivity contribution in [3.05, 3.63) is 125 Å². The summed E-state index contributed by atoms with van der Waals surface area (Å²) in [5.41, 5.74) is 19.5. The topological polar surface area (TPSA) is 6.48 Å². The number of benzene rings is 5. The Morgan fingerprint density at radius 3 is 1.43 bits per heavy atom. The number of hydrogen-bond acceptors (Lipinski definition) is 2. The van der Waals surface area contributed by atoms with Crippen molar-refractivity contribution in [3.63, 3.8) is 0 Å². The quantitative estimate of drug-likeness (QED) is 0.155. The smallest absolute Gasteiger partial charge is 0.252 e. The van der Waals surface area contributed by atoms with Crippen molar-refractivity contribution in [3.8, 4) is 0 Å². The molecule has 61 heavy (non-hydrogen) atoms. The third kappa shape index (κ3) is 6.24. The Morgan fingerprint density at radius 2 is 0.885 bits per heavy atom. The van der Waals surface area contributed by atoms with Crippen molar-refractivity contribution < 1.29 is 0 Å². The van der Waals surface area contributed by atoms with Crippen molar-refractivity contribution >= 4 is 57.2 Å². The van der Waals surface area contributed by atoms with E-state index in [4.69, 9.17) is 0 Å². The molecule has 2 aliphatic heterocycles. The van der Waals surface area contributed by atoms with Gasteiger partial charge in [-0.3, -0.25) is 0 Å². The zero-order chi connectivity index (χ0) is 40.1. The van der Waals surface area contributed by atoms with Gasteiger partial charge in [-0.25, -0.2) is 0 Å². The van der Waals surface area contributed by atoms with Crippen LogP contribution in [0.5, 0.6) is 0 Å². The largest absolute Gasteiger partial charge is 0.311 e. The summed E-state index contributed by atoms with van der Waals surface area (Å²) in [6.07, 6.45) is 28.9. The van der Waals surface area contributed by atoms with Crippen LogP contribution in [-0.4, -0.2) is 6.71 Å². The second-order valence-corrected chi connectivity index (χ2v) is 21.8. The summed E-state index contributed by atoms with van der Waals surface area (Å²) >= 11 is 0. The highest BCUT2D eigenvalue weighted by Gasteiger charge is 2.53. The van der Waals surface area contributed by atoms with E-state index in [0.29, 0.717) is 17.8 Å². The van der Waals surface area contributed by atoms with E-state index < -0.39 is 0 Å². The zero-order valence-electron chi connectivity index (χ0n) is 36.6. The summed E-state index contributed by atoms with van der Waals surface area (Å²) in [4.78, 5) is 5.57. The fourth-order valence-corrected chi connectivity index (χ4v) is 15.7. The minimum absolute atomic E-state index is 0.192. The van der Waals surface area contributed by atoms with E-state index in [2.05, 4.69) is 113 Å². The van der Waals surface area contributed by atoms with Gasteiger partial charge in [-0.05, 0) is 205 Å². The molecule has 7 saturated carbocycles. The Labute approximate surface area is 366 Å². The van der Waals surface area contributed by atoms with E-state index >= 15 is 0 Å². The van der Waals surface area contributed by atoms with Crippen molar-refractivity contribution in [1.82, 2.24) is 0 Å². The summed E-state index contributed by atoms with van der Waals surface area (Å²) in [7, 11) is 0. The third-order valence-electron chi connectivity index (χ3n) is 18.1. The molecule has 2 heterocycles. The molecule has 0 aromatic heterocycles. The molecule has 5 aromatic carbocycles. The summed E-state index contributed by atoms with van der Waals surface area (Å²) in [5.74, 6) is 4.71. The number of nitrogens with zero attached hydrogens (tertiary/aromatic N) is 2. The second-order valence-electron chi connectivity index (χ2n) is 21.8. The van der Waals surface area contributed by atoms with Crippen LogP contribution in [0.4, 0.5) is 34.1 Å². The lowest BCUT2D eigenvalue weighted by atomic mass is 9.33. The minimum atomic E-state index is 0.192. The fourth-order valence-electron chi connectivity index (χ4n) is 15.7. The normalized spacial score (nSPS) is 27.2. The first-order valence-electron chi connectivity index (χ1n) is 25.4. The Balaban J connectivity index is 1.07. The van der Waals surface area contributed by atoms with E-state index in [0.717, 1.165) is 17.8 Å². The van der Waals surface area contributed by atoms with Gasteiger partial charge in [0.15, 0.2) is 0 Å². The molecule has 310 valence electrons. The van der Waals surface area contributed by atoms with Crippen LogP contribution in [0.2, 0.25) is 0 Å². The molecule has 0 atom stereocenters. The number of anilines is 6. The van der Waals surface area contributed by atoms with Gasteiger partial charge in [-0.1, -0.05) is 112 Å². The maximum atomic E-state index is 2.82. The first-order valence-corrected chi connectivity index (χ1v) is 25.4. The Bertz CT molecular complexity index is 2430. The summed E-state index contributed by atoms with van der Waals surface area (Å²) in [5, 5.41) is 0. The van der Waals surface area contributed by atoms with Gasteiger partial charge in [0, 0.05) is 34.1 Å². The van der Waals surface area contributed by atoms with Crippen LogP contribution in [0.3, 0.4) is 0 Å². The first kappa shape index (κ1) is 37.3. The van der Waals surface area contributed by atoms with Gasteiger partial charge >= 0.3 is 0 Å². The van der Waals surface area contributed by atoms with Gasteiger partial charge in [0.25, 0.3) is 6.71 Å². The average molecular weight is 801 g/mol. The summed E-state index contributed by atoms with van der Waals surface area (Å²) in [6.45, 7) is 0.192. The van der Waals surface area contributed by atoms with Crippen LogP contribution in [0.15, 0.2) is 103 Å². The van der Waals surface area contributed by atoms with Gasteiger partial charge in [-0.15, -0.1) is 0 Å². The van der Waals surface area contributed by atoms with Gasteiger partial charge < -0.3 is 9.80 Å². The molecule has 2 nitrogen and oxygen atoms in total. The summed E-state index contributed by atoms with van der Waals surface area (Å²) in [6, 6.07) is 42.8. The average Bonchev–Trinajstić information content (AvgIpc) is 3.31. The van der Waals surface area contributed by atoms with Crippen LogP contribution in [0.1, 0.15) is 175 Å². The first-order chi connectivity index (χ1) is 30.2. The Morgan fingerprint density at radius 1 is 0.410 bits per heavy atom. The van der Waals surface area contributed by atoms with Crippen LogP contribution in [-0.2, 0) is 5.41 Å². The molecule has 7 aliphatic carbocycles. The lowest BCUT2D eigenvalue weighted by molar-refractivity contribution is -0.00514. The molecule has 0 amide bonds. The number of fused-ring (bicyclic) bond motifs is 4. The van der Waals surface area contributed by atoms with Crippen molar-refractivity contribution in [1.29, 1.82) is 0 Å². The Kier molecular flexibility index (Phi) is 9.15. The highest BCUT2D eigenvalue weighted by Crippen LogP contribution is 2.62. The van der Waals surface area contributed by atoms with Crippen LogP contribution in [0, 0.1) is 17.8 Å². The number of rotatable bonds is 6. The molecule has 0 saturated heterocycles. The SMILES string of the molecule is c1cc(C2CCCCC2)cc(N2c3ccccc3B3c4ccc(C5CCCCC5)cc4N(c4cccc(C5CCCCC5)c4)c4cc(C56CC7CC(CC(C7)C5)C6)cc2c43)c1. The lowest BCUT2D eigenvalue weighted by Gasteiger charge is -2.57. The molecule has 9 aliphatic rings. The van der Waals surface area contributed by atoms with Gasteiger partial charge in [0.2, 0.25) is 0 Å². The molecule has 0 unspecified atom stereocenters. The molecule has 5 aromatic rings. The maximum absolute atomic E-state index is 2.82. The molecule has 0 radical (unpaired) electrons. The van der Waals surface area contributed by atoms with Crippen molar-refractivity contribution in [2.45, 2.75) is 158 Å². The maximum Gasteiger partial charge on any atom is 0.252 e. The molecular formula is C58H65BN2. The van der Waals surface area contributed by atoms with E-state index in [-0.39, 0.29) is 12.1 Å². The van der Waals surface area contributed by atoms with Gasteiger partial charge in [-0.2, -0.15) is 0 Å². The minimum Gasteiger partial charge on any atom is -0.311 e.